The van der Waals surface area contributed by atoms with E-state index in [2.05, 4.69) is 9.73 Å². The molecule has 0 bridgehead atoms. The van der Waals surface area contributed by atoms with Crippen molar-refractivity contribution in [2.24, 2.45) is 4.99 Å². The van der Waals surface area contributed by atoms with Gasteiger partial charge in [0, 0.05) is 6.08 Å². The molecule has 0 atom stereocenters. The third-order valence-electron chi connectivity index (χ3n) is 3.51. The fourth-order valence-electron chi connectivity index (χ4n) is 2.39. The molecule has 0 spiro atoms. The number of hydrogen-bond acceptors (Lipinski definition) is 7. The van der Waals surface area contributed by atoms with Crippen molar-refractivity contribution in [1.29, 1.82) is 0 Å². The van der Waals surface area contributed by atoms with Crippen LogP contribution < -0.4 is 0 Å². The molecule has 3 rings (SSSR count). The number of rotatable bonds is 3. The van der Waals surface area contributed by atoms with Crippen molar-refractivity contribution in [2.75, 3.05) is 7.11 Å². The van der Waals surface area contributed by atoms with Gasteiger partial charge >= 0.3 is 11.9 Å². The van der Waals surface area contributed by atoms with Crippen LogP contribution in [-0.2, 0) is 14.3 Å². The van der Waals surface area contributed by atoms with Crippen molar-refractivity contribution in [3.05, 3.63) is 52.0 Å². The van der Waals surface area contributed by atoms with E-state index in [1.807, 2.05) is 0 Å². The Kier molecular flexibility index (Phi) is 3.84. The second-order valence-electron chi connectivity index (χ2n) is 5.27. The summed E-state index contributed by atoms with van der Waals surface area (Å²) in [6.45, 7) is 5.19. The third kappa shape index (κ3) is 2.76. The second-order valence-corrected chi connectivity index (χ2v) is 5.27. The van der Waals surface area contributed by atoms with E-state index in [1.165, 1.54) is 19.3 Å². The molecule has 7 heteroatoms. The lowest BCUT2D eigenvalue weighted by molar-refractivity contribution is -0.129. The highest BCUT2D eigenvalue weighted by Crippen LogP contribution is 2.24. The molecule has 0 aliphatic carbocycles. The van der Waals surface area contributed by atoms with Crippen molar-refractivity contribution in [1.82, 2.24) is 0 Å². The lowest BCUT2D eigenvalue weighted by Crippen LogP contribution is -2.05. The summed E-state index contributed by atoms with van der Waals surface area (Å²) < 4.78 is 20.7. The van der Waals surface area contributed by atoms with Crippen LogP contribution in [0.1, 0.15) is 39.0 Å². The third-order valence-corrected chi connectivity index (χ3v) is 3.51. The zero-order valence-corrected chi connectivity index (χ0v) is 13.6. The summed E-state index contributed by atoms with van der Waals surface area (Å²) in [5.74, 6) is 1.08. The number of aryl methyl sites for hydroxylation is 3. The van der Waals surface area contributed by atoms with Crippen LogP contribution in [0.2, 0.25) is 0 Å². The standard InChI is InChI=1S/C17H15NO6/c1-8-5-12(9(2)22-8)15-18-14(17(20)24-15)7-11-6-13(10(3)23-11)16(19)21-4/h5-7H,1-4H3/b14-7-. The summed E-state index contributed by atoms with van der Waals surface area (Å²) >= 11 is 0. The Hall–Kier alpha value is -3.09. The maximum Gasteiger partial charge on any atom is 0.363 e. The van der Waals surface area contributed by atoms with Crippen LogP contribution in [0.3, 0.4) is 0 Å². The van der Waals surface area contributed by atoms with E-state index >= 15 is 0 Å². The van der Waals surface area contributed by atoms with E-state index in [0.29, 0.717) is 34.2 Å². The van der Waals surface area contributed by atoms with Crippen LogP contribution in [0.25, 0.3) is 6.08 Å². The van der Waals surface area contributed by atoms with E-state index in [4.69, 9.17) is 13.6 Å². The van der Waals surface area contributed by atoms with Gasteiger partial charge in [-0.2, -0.15) is 0 Å². The van der Waals surface area contributed by atoms with Gasteiger partial charge < -0.3 is 18.3 Å². The Balaban J connectivity index is 1.94. The van der Waals surface area contributed by atoms with Crippen molar-refractivity contribution in [3.63, 3.8) is 0 Å². The lowest BCUT2D eigenvalue weighted by Gasteiger charge is -1.95. The lowest BCUT2D eigenvalue weighted by atomic mass is 10.2. The first-order chi connectivity index (χ1) is 11.4. The topological polar surface area (TPSA) is 91.2 Å². The van der Waals surface area contributed by atoms with Crippen molar-refractivity contribution >= 4 is 23.9 Å². The number of carbonyl (C=O) groups is 2. The summed E-state index contributed by atoms with van der Waals surface area (Å²) in [5.41, 5.74) is 0.991. The fraction of sp³-hybridized carbons (Fsp3) is 0.235. The van der Waals surface area contributed by atoms with Gasteiger partial charge in [0.1, 0.15) is 28.6 Å². The highest BCUT2D eigenvalue weighted by molar-refractivity contribution is 6.13. The molecule has 3 heterocycles. The van der Waals surface area contributed by atoms with Crippen LogP contribution in [0.4, 0.5) is 0 Å². The van der Waals surface area contributed by atoms with Crippen LogP contribution in [-0.4, -0.2) is 24.9 Å². The first-order valence-electron chi connectivity index (χ1n) is 7.17. The average Bonchev–Trinajstić information content (AvgIpc) is 3.17. The number of cyclic esters (lactones) is 1. The highest BCUT2D eigenvalue weighted by atomic mass is 16.6. The molecule has 24 heavy (non-hydrogen) atoms. The maximum atomic E-state index is 12.0. The number of carbonyl (C=O) groups excluding carboxylic acids is 2. The number of aliphatic imine (C=N–C) groups is 1. The number of nitrogens with zero attached hydrogens (tertiary/aromatic N) is 1. The van der Waals surface area contributed by atoms with Gasteiger partial charge in [0.25, 0.3) is 0 Å². The Morgan fingerprint density at radius 1 is 1.17 bits per heavy atom. The quantitative estimate of drug-likeness (QED) is 0.635. The number of esters is 2. The molecular formula is C17H15NO6. The van der Waals surface area contributed by atoms with E-state index < -0.39 is 11.9 Å². The summed E-state index contributed by atoms with van der Waals surface area (Å²) in [6.07, 6.45) is 1.41. The molecule has 0 saturated heterocycles. The van der Waals surface area contributed by atoms with Gasteiger partial charge in [-0.3, -0.25) is 0 Å². The van der Waals surface area contributed by atoms with Gasteiger partial charge in [-0.15, -0.1) is 0 Å². The van der Waals surface area contributed by atoms with Crippen molar-refractivity contribution < 1.29 is 27.9 Å². The van der Waals surface area contributed by atoms with E-state index in [1.54, 1.807) is 26.8 Å². The van der Waals surface area contributed by atoms with Gasteiger partial charge in [0.05, 0.1) is 12.7 Å². The van der Waals surface area contributed by atoms with E-state index in [-0.39, 0.29) is 11.6 Å². The summed E-state index contributed by atoms with van der Waals surface area (Å²) in [5, 5.41) is 0. The average molecular weight is 329 g/mol. The molecule has 0 aromatic carbocycles. The van der Waals surface area contributed by atoms with Crippen molar-refractivity contribution in [3.8, 4) is 0 Å². The Morgan fingerprint density at radius 3 is 2.54 bits per heavy atom. The summed E-state index contributed by atoms with van der Waals surface area (Å²) in [6, 6.07) is 3.24. The fourth-order valence-corrected chi connectivity index (χ4v) is 2.39. The van der Waals surface area contributed by atoms with Gasteiger partial charge in [-0.1, -0.05) is 0 Å². The van der Waals surface area contributed by atoms with Gasteiger partial charge in [-0.25, -0.2) is 14.6 Å². The molecule has 1 aliphatic rings. The molecule has 0 radical (unpaired) electrons. The molecule has 0 fully saturated rings. The number of hydrogen-bond donors (Lipinski definition) is 0. The first kappa shape index (κ1) is 15.8. The minimum atomic E-state index is -0.600. The first-order valence-corrected chi connectivity index (χ1v) is 7.17. The molecule has 2 aromatic rings. The predicted octanol–water partition coefficient (Wildman–Crippen LogP) is 2.93. The van der Waals surface area contributed by atoms with Gasteiger partial charge in [0.15, 0.2) is 5.70 Å². The molecule has 1 aliphatic heterocycles. The molecule has 0 N–H and O–H groups in total. The molecule has 2 aromatic heterocycles. The molecular weight excluding hydrogens is 314 g/mol. The maximum absolute atomic E-state index is 12.0. The monoisotopic (exact) mass is 329 g/mol. The zero-order chi connectivity index (χ0) is 17.4. The van der Waals surface area contributed by atoms with Crippen molar-refractivity contribution in [2.45, 2.75) is 20.8 Å². The minimum Gasteiger partial charge on any atom is -0.466 e. The molecule has 124 valence electrons. The Bertz CT molecular complexity index is 896. The minimum absolute atomic E-state index is 0.0772. The zero-order valence-electron chi connectivity index (χ0n) is 13.6. The van der Waals surface area contributed by atoms with Crippen LogP contribution >= 0.6 is 0 Å². The largest absolute Gasteiger partial charge is 0.466 e. The van der Waals surface area contributed by atoms with Gasteiger partial charge in [-0.05, 0) is 32.9 Å². The van der Waals surface area contributed by atoms with Crippen LogP contribution in [0, 0.1) is 20.8 Å². The van der Waals surface area contributed by atoms with E-state index in [0.717, 1.165) is 0 Å². The summed E-state index contributed by atoms with van der Waals surface area (Å²) in [7, 11) is 1.28. The summed E-state index contributed by atoms with van der Waals surface area (Å²) in [4.78, 5) is 27.8. The Morgan fingerprint density at radius 2 is 1.92 bits per heavy atom. The van der Waals surface area contributed by atoms with Crippen LogP contribution in [0.15, 0.2) is 31.7 Å². The molecule has 7 nitrogen and oxygen atoms in total. The normalized spacial score (nSPS) is 15.6. The number of furan rings is 2. The predicted molar refractivity (Wildman–Crippen MR) is 83.6 cm³/mol. The highest BCUT2D eigenvalue weighted by Gasteiger charge is 2.27. The van der Waals surface area contributed by atoms with E-state index in [9.17, 15) is 9.59 Å². The van der Waals surface area contributed by atoms with Crippen LogP contribution in [0.5, 0.6) is 0 Å². The smallest absolute Gasteiger partial charge is 0.363 e. The molecule has 0 amide bonds. The Labute approximate surface area is 137 Å². The second kappa shape index (κ2) is 5.84. The molecule has 0 saturated carbocycles. The number of ether oxygens (including phenoxy) is 2. The van der Waals surface area contributed by atoms with Gasteiger partial charge in [0.2, 0.25) is 5.90 Å². The SMILES string of the molecule is COC(=O)c1cc(/C=C2\N=C(c3cc(C)oc3C)OC2=O)oc1C. The number of methoxy groups -OCH3 is 1. The molecule has 0 unspecified atom stereocenters.